The first-order chi connectivity index (χ1) is 27.6. The Bertz CT molecular complexity index is 1750. The molecule has 8 heteroatoms. The molecule has 4 heterocycles. The summed E-state index contributed by atoms with van der Waals surface area (Å²) in [6.45, 7) is 7.64. The molecule has 1 aliphatic rings. The fraction of sp³-hybridized carbons (Fsp3) is 0.521. The van der Waals surface area contributed by atoms with Gasteiger partial charge in [0, 0.05) is 60.8 Å². The third-order valence-corrected chi connectivity index (χ3v) is 11.1. The van der Waals surface area contributed by atoms with E-state index in [0.29, 0.717) is 43.2 Å². The summed E-state index contributed by atoms with van der Waals surface area (Å²) >= 11 is 0. The van der Waals surface area contributed by atoms with Crippen molar-refractivity contribution in [2.24, 2.45) is 11.8 Å². The molecular weight excluding hydrogens is 697 g/mol. The topological polar surface area (TPSA) is 96.2 Å². The molecule has 0 spiro atoms. The molecule has 0 saturated carbocycles. The first-order valence-corrected chi connectivity index (χ1v) is 21.5. The predicted molar refractivity (Wildman–Crippen MR) is 226 cm³/mol. The number of Topliss-reactive ketones (excluding diaryl/α,β-unsaturated/α-hetero) is 1. The Hall–Kier alpha value is -4.43. The summed E-state index contributed by atoms with van der Waals surface area (Å²) in [5.74, 6) is 0.183. The zero-order valence-electron chi connectivity index (χ0n) is 33.8. The van der Waals surface area contributed by atoms with Gasteiger partial charge < -0.3 is 9.47 Å². The molecule has 1 unspecified atom stereocenters. The SMILES string of the molecule is C=CCC(C(=O)c1ccc(-c2cc(-c3cn(COC(=O)CCCCCCCCCCCCCCCCC)nc3-c3ccccn3)ccn2)cc1)C1CCOCC1. The number of hydrogen-bond acceptors (Lipinski definition) is 7. The Morgan fingerprint density at radius 1 is 0.804 bits per heavy atom. The van der Waals surface area contributed by atoms with E-state index in [-0.39, 0.29) is 24.4 Å². The number of carbonyl (C=O) groups is 2. The number of nitrogens with zero attached hydrogens (tertiary/aromatic N) is 4. The number of pyridine rings is 2. The maximum atomic E-state index is 13.6. The lowest BCUT2D eigenvalue weighted by Gasteiger charge is -2.28. The van der Waals surface area contributed by atoms with Gasteiger partial charge in [-0.15, -0.1) is 6.58 Å². The van der Waals surface area contributed by atoms with Crippen molar-refractivity contribution in [2.75, 3.05) is 13.2 Å². The summed E-state index contributed by atoms with van der Waals surface area (Å²) in [5, 5.41) is 4.81. The van der Waals surface area contributed by atoms with Crippen molar-refractivity contribution in [2.45, 2.75) is 136 Å². The number of carbonyl (C=O) groups excluding carboxylic acids is 2. The fourth-order valence-electron chi connectivity index (χ4n) is 7.83. The number of ether oxygens (including phenoxy) is 2. The molecule has 1 atom stereocenters. The first-order valence-electron chi connectivity index (χ1n) is 21.5. The number of hydrogen-bond donors (Lipinski definition) is 0. The second-order valence-electron chi connectivity index (χ2n) is 15.4. The van der Waals surface area contributed by atoms with Crippen LogP contribution in [-0.4, -0.2) is 44.7 Å². The molecule has 1 fully saturated rings. The van der Waals surface area contributed by atoms with Gasteiger partial charge in [-0.05, 0) is 61.4 Å². The minimum Gasteiger partial charge on any atom is -0.442 e. The van der Waals surface area contributed by atoms with Gasteiger partial charge in [0.25, 0.3) is 0 Å². The third-order valence-electron chi connectivity index (χ3n) is 11.1. The van der Waals surface area contributed by atoms with Crippen LogP contribution in [0.5, 0.6) is 0 Å². The minimum atomic E-state index is -0.201. The van der Waals surface area contributed by atoms with Crippen LogP contribution in [0, 0.1) is 11.8 Å². The second-order valence-corrected chi connectivity index (χ2v) is 15.4. The van der Waals surface area contributed by atoms with Crippen molar-refractivity contribution in [1.29, 1.82) is 0 Å². The summed E-state index contributed by atoms with van der Waals surface area (Å²) in [6.07, 6.45) is 29.5. The van der Waals surface area contributed by atoms with E-state index in [1.54, 1.807) is 17.1 Å². The molecule has 0 aliphatic carbocycles. The molecule has 0 bridgehead atoms. The van der Waals surface area contributed by atoms with Crippen LogP contribution in [0.25, 0.3) is 33.8 Å². The van der Waals surface area contributed by atoms with Gasteiger partial charge in [-0.3, -0.25) is 19.6 Å². The average molecular weight is 761 g/mol. The van der Waals surface area contributed by atoms with E-state index in [4.69, 9.17) is 14.6 Å². The molecule has 8 nitrogen and oxygen atoms in total. The zero-order chi connectivity index (χ0) is 39.2. The Morgan fingerprint density at radius 2 is 1.45 bits per heavy atom. The molecule has 0 N–H and O–H groups in total. The number of unbranched alkanes of at least 4 members (excludes halogenated alkanes) is 14. The van der Waals surface area contributed by atoms with Crippen molar-refractivity contribution in [1.82, 2.24) is 19.7 Å². The Labute approximate surface area is 335 Å². The average Bonchev–Trinajstić information content (AvgIpc) is 3.68. The van der Waals surface area contributed by atoms with Crippen LogP contribution < -0.4 is 0 Å². The lowest BCUT2D eigenvalue weighted by molar-refractivity contribution is -0.148. The van der Waals surface area contributed by atoms with E-state index >= 15 is 0 Å². The zero-order valence-corrected chi connectivity index (χ0v) is 33.8. The van der Waals surface area contributed by atoms with Gasteiger partial charge in [0.2, 0.25) is 0 Å². The van der Waals surface area contributed by atoms with Gasteiger partial charge in [-0.1, -0.05) is 133 Å². The molecule has 1 aromatic carbocycles. The normalized spacial score (nSPS) is 13.7. The standard InChI is InChI=1S/C48H64N4O4/c1-3-5-6-7-8-9-10-11-12-13-14-15-16-17-18-23-46(53)56-37-52-36-43(47(51-52)44-22-19-20-31-49-44)41-28-32-50-45(35-41)39-24-26-40(27-25-39)48(54)42(21-4-2)38-29-33-55-34-30-38/h4,19-20,22,24-28,31-32,35-36,38,42H,2-3,5-18,21,23,29-30,33-34,37H2,1H3. The van der Waals surface area contributed by atoms with Crippen LogP contribution in [-0.2, 0) is 21.0 Å². The highest BCUT2D eigenvalue weighted by molar-refractivity contribution is 5.98. The lowest BCUT2D eigenvalue weighted by Crippen LogP contribution is -2.29. The van der Waals surface area contributed by atoms with Crippen molar-refractivity contribution < 1.29 is 19.1 Å². The highest BCUT2D eigenvalue weighted by atomic mass is 16.5. The van der Waals surface area contributed by atoms with Crippen molar-refractivity contribution in [3.63, 3.8) is 0 Å². The molecule has 4 aromatic rings. The molecule has 5 rings (SSSR count). The molecule has 300 valence electrons. The maximum absolute atomic E-state index is 13.6. The summed E-state index contributed by atoms with van der Waals surface area (Å²) < 4.78 is 12.9. The number of benzene rings is 1. The lowest BCUT2D eigenvalue weighted by atomic mass is 9.79. The van der Waals surface area contributed by atoms with Gasteiger partial charge in [-0.25, -0.2) is 4.68 Å². The summed E-state index contributed by atoms with van der Waals surface area (Å²) in [4.78, 5) is 35.5. The van der Waals surface area contributed by atoms with Crippen molar-refractivity contribution in [3.8, 4) is 33.8 Å². The van der Waals surface area contributed by atoms with Crippen molar-refractivity contribution >= 4 is 11.8 Å². The van der Waals surface area contributed by atoms with Crippen molar-refractivity contribution in [3.05, 3.63) is 91.4 Å². The van der Waals surface area contributed by atoms with Gasteiger partial charge in [-0.2, -0.15) is 5.10 Å². The van der Waals surface area contributed by atoms with E-state index in [1.165, 1.54) is 83.5 Å². The van der Waals surface area contributed by atoms with Gasteiger partial charge >= 0.3 is 5.97 Å². The molecule has 56 heavy (non-hydrogen) atoms. The minimum absolute atomic E-state index is 0.0333. The Balaban J connectivity index is 1.11. The second kappa shape index (κ2) is 24.3. The van der Waals surface area contributed by atoms with Gasteiger partial charge in [0.1, 0.15) is 5.69 Å². The van der Waals surface area contributed by atoms with E-state index in [0.717, 1.165) is 53.8 Å². The Kier molecular flexibility index (Phi) is 18.5. The number of aromatic nitrogens is 4. The van der Waals surface area contributed by atoms with E-state index in [1.807, 2.05) is 66.9 Å². The van der Waals surface area contributed by atoms with Crippen LogP contribution in [0.15, 0.2) is 85.8 Å². The first kappa shape index (κ1) is 42.7. The van der Waals surface area contributed by atoms with Crippen LogP contribution >= 0.6 is 0 Å². The highest BCUT2D eigenvalue weighted by Gasteiger charge is 2.29. The number of allylic oxidation sites excluding steroid dienone is 1. The predicted octanol–water partition coefficient (Wildman–Crippen LogP) is 12.2. The summed E-state index contributed by atoms with van der Waals surface area (Å²) in [6, 6.07) is 17.5. The molecular formula is C48H64N4O4. The largest absolute Gasteiger partial charge is 0.442 e. The number of rotatable bonds is 26. The highest BCUT2D eigenvalue weighted by Crippen LogP contribution is 2.33. The Morgan fingerprint density at radius 3 is 2.07 bits per heavy atom. The fourth-order valence-corrected chi connectivity index (χ4v) is 7.83. The molecule has 3 aromatic heterocycles. The van der Waals surface area contributed by atoms with Crippen LogP contribution in [0.3, 0.4) is 0 Å². The quantitative estimate of drug-likeness (QED) is 0.0272. The summed E-state index contributed by atoms with van der Waals surface area (Å²) in [7, 11) is 0. The molecule has 1 saturated heterocycles. The van der Waals surface area contributed by atoms with Gasteiger partial charge in [0.05, 0.1) is 11.4 Å². The van der Waals surface area contributed by atoms with E-state index in [9.17, 15) is 9.59 Å². The van der Waals surface area contributed by atoms with E-state index < -0.39 is 0 Å². The monoisotopic (exact) mass is 760 g/mol. The molecule has 1 aliphatic heterocycles. The number of esters is 1. The summed E-state index contributed by atoms with van der Waals surface area (Å²) in [5.41, 5.74) is 5.60. The smallest absolute Gasteiger partial charge is 0.307 e. The number of ketones is 1. The van der Waals surface area contributed by atoms with Crippen LogP contribution in [0.2, 0.25) is 0 Å². The van der Waals surface area contributed by atoms with Crippen LogP contribution in [0.4, 0.5) is 0 Å². The van der Waals surface area contributed by atoms with Gasteiger partial charge in [0.15, 0.2) is 12.5 Å². The third kappa shape index (κ3) is 13.6. The maximum Gasteiger partial charge on any atom is 0.307 e. The molecule has 0 amide bonds. The molecule has 0 radical (unpaired) electrons. The van der Waals surface area contributed by atoms with E-state index in [2.05, 4.69) is 23.5 Å². The van der Waals surface area contributed by atoms with Crippen LogP contribution in [0.1, 0.15) is 139 Å².